The summed E-state index contributed by atoms with van der Waals surface area (Å²) in [5, 5.41) is 16.9. The quantitative estimate of drug-likeness (QED) is 0.641. The maximum atomic E-state index is 10.9. The van der Waals surface area contributed by atoms with Gasteiger partial charge in [0, 0.05) is 36.8 Å². The third-order valence-electron chi connectivity index (χ3n) is 2.72. The number of nitrogens with zero attached hydrogens (tertiary/aromatic N) is 3. The molecule has 0 amide bonds. The molecule has 1 aromatic heterocycles. The summed E-state index contributed by atoms with van der Waals surface area (Å²) in [6, 6.07) is 6.59. The van der Waals surface area contributed by atoms with Gasteiger partial charge in [0.1, 0.15) is 5.82 Å². The Hall–Kier alpha value is -2.70. The zero-order valence-corrected chi connectivity index (χ0v) is 11.3. The number of aryl methyl sites for hydroxylation is 1. The summed E-state index contributed by atoms with van der Waals surface area (Å²) in [6.07, 6.45) is 1.69. The number of non-ortho nitro benzene ring substituents is 1. The highest BCUT2D eigenvalue weighted by molar-refractivity contribution is 5.63. The van der Waals surface area contributed by atoms with Gasteiger partial charge in [0.25, 0.3) is 5.69 Å². The van der Waals surface area contributed by atoms with Crippen molar-refractivity contribution in [2.75, 3.05) is 17.7 Å². The molecule has 0 saturated carbocycles. The topological polar surface area (TPSA) is 93.0 Å². The summed E-state index contributed by atoms with van der Waals surface area (Å²) >= 11 is 0. The van der Waals surface area contributed by atoms with Crippen LogP contribution in [0.2, 0.25) is 0 Å². The average Bonchev–Trinajstić information content (AvgIpc) is 2.45. The highest BCUT2D eigenvalue weighted by Gasteiger charge is 2.09. The van der Waals surface area contributed by atoms with Crippen molar-refractivity contribution in [1.82, 2.24) is 9.97 Å². The molecule has 0 atom stereocenters. The Morgan fingerprint density at radius 2 is 2.05 bits per heavy atom. The van der Waals surface area contributed by atoms with Crippen molar-refractivity contribution in [2.24, 2.45) is 0 Å². The van der Waals surface area contributed by atoms with E-state index in [0.29, 0.717) is 23.7 Å². The first-order valence-electron chi connectivity index (χ1n) is 6.08. The molecule has 2 rings (SSSR count). The molecule has 0 aliphatic carbocycles. The molecule has 1 aromatic carbocycles. The molecule has 20 heavy (non-hydrogen) atoms. The molecule has 1 heterocycles. The average molecular weight is 273 g/mol. The van der Waals surface area contributed by atoms with Crippen LogP contribution in [-0.4, -0.2) is 21.9 Å². The van der Waals surface area contributed by atoms with Crippen molar-refractivity contribution in [2.45, 2.75) is 13.5 Å². The van der Waals surface area contributed by atoms with Crippen LogP contribution in [0, 0.1) is 17.0 Å². The van der Waals surface area contributed by atoms with Gasteiger partial charge in [-0.25, -0.2) is 9.97 Å². The van der Waals surface area contributed by atoms with Crippen LogP contribution >= 0.6 is 0 Å². The van der Waals surface area contributed by atoms with Gasteiger partial charge >= 0.3 is 0 Å². The Morgan fingerprint density at radius 3 is 2.70 bits per heavy atom. The van der Waals surface area contributed by atoms with Gasteiger partial charge in [0.05, 0.1) is 17.2 Å². The second-order valence-electron chi connectivity index (χ2n) is 4.22. The largest absolute Gasteiger partial charge is 0.388 e. The van der Waals surface area contributed by atoms with Crippen LogP contribution in [0.1, 0.15) is 11.5 Å². The lowest BCUT2D eigenvalue weighted by Gasteiger charge is -2.08. The zero-order valence-electron chi connectivity index (χ0n) is 11.3. The molecule has 2 aromatic rings. The molecule has 0 radical (unpaired) electrons. The number of nitro groups is 1. The number of rotatable bonds is 5. The summed E-state index contributed by atoms with van der Waals surface area (Å²) in [5.74, 6) is 0.694. The summed E-state index contributed by atoms with van der Waals surface area (Å²) in [4.78, 5) is 18.7. The van der Waals surface area contributed by atoms with Crippen LogP contribution in [0.15, 0.2) is 30.5 Å². The second kappa shape index (κ2) is 5.96. The van der Waals surface area contributed by atoms with Crippen LogP contribution in [0.5, 0.6) is 0 Å². The molecular formula is C13H15N5O2. The van der Waals surface area contributed by atoms with E-state index in [1.807, 2.05) is 6.92 Å². The van der Waals surface area contributed by atoms with E-state index < -0.39 is 4.92 Å². The van der Waals surface area contributed by atoms with E-state index in [2.05, 4.69) is 20.6 Å². The fourth-order valence-electron chi connectivity index (χ4n) is 1.76. The van der Waals surface area contributed by atoms with Gasteiger partial charge < -0.3 is 10.6 Å². The van der Waals surface area contributed by atoms with E-state index in [1.165, 1.54) is 12.1 Å². The van der Waals surface area contributed by atoms with Crippen molar-refractivity contribution in [3.8, 4) is 0 Å². The van der Waals surface area contributed by atoms with E-state index in [-0.39, 0.29) is 5.69 Å². The lowest BCUT2D eigenvalue weighted by atomic mass is 10.2. The lowest BCUT2D eigenvalue weighted by molar-refractivity contribution is -0.384. The van der Waals surface area contributed by atoms with Gasteiger partial charge in [-0.3, -0.25) is 10.1 Å². The van der Waals surface area contributed by atoms with Crippen LogP contribution in [0.25, 0.3) is 0 Å². The summed E-state index contributed by atoms with van der Waals surface area (Å²) in [6.45, 7) is 2.30. The van der Waals surface area contributed by atoms with Gasteiger partial charge in [-0.2, -0.15) is 0 Å². The van der Waals surface area contributed by atoms with Crippen molar-refractivity contribution in [3.63, 3.8) is 0 Å². The third kappa shape index (κ3) is 3.41. The maximum absolute atomic E-state index is 10.9. The SMILES string of the molecule is CNc1cc(NCc2ccnc(C)n2)cc([N+](=O)[O-])c1. The Balaban J connectivity index is 2.16. The smallest absolute Gasteiger partial charge is 0.273 e. The fourth-order valence-corrected chi connectivity index (χ4v) is 1.76. The molecule has 0 aliphatic heterocycles. The van der Waals surface area contributed by atoms with Crippen molar-refractivity contribution < 1.29 is 4.92 Å². The van der Waals surface area contributed by atoms with Gasteiger partial charge in [-0.15, -0.1) is 0 Å². The molecule has 7 nitrogen and oxygen atoms in total. The van der Waals surface area contributed by atoms with Crippen molar-refractivity contribution >= 4 is 17.1 Å². The minimum atomic E-state index is -0.416. The van der Waals surface area contributed by atoms with E-state index in [4.69, 9.17) is 0 Å². The van der Waals surface area contributed by atoms with Crippen molar-refractivity contribution in [3.05, 3.63) is 52.1 Å². The zero-order chi connectivity index (χ0) is 14.5. The van der Waals surface area contributed by atoms with E-state index in [1.54, 1.807) is 25.4 Å². The standard InChI is InChI=1S/C13H15N5O2/c1-9-15-4-3-10(17-9)8-16-12-5-11(14-2)6-13(7-12)18(19)20/h3-7,14,16H,8H2,1-2H3. The summed E-state index contributed by atoms with van der Waals surface area (Å²) in [5.41, 5.74) is 2.22. The van der Waals surface area contributed by atoms with Crippen LogP contribution < -0.4 is 10.6 Å². The molecule has 0 spiro atoms. The highest BCUT2D eigenvalue weighted by atomic mass is 16.6. The number of anilines is 2. The number of nitro benzene ring substituents is 1. The monoisotopic (exact) mass is 273 g/mol. The molecule has 0 unspecified atom stereocenters. The predicted octanol–water partition coefficient (Wildman–Crippen LogP) is 2.35. The van der Waals surface area contributed by atoms with Crippen LogP contribution in [0.3, 0.4) is 0 Å². The molecule has 7 heteroatoms. The number of benzene rings is 1. The molecule has 2 N–H and O–H groups in total. The molecule has 0 bridgehead atoms. The molecule has 0 fully saturated rings. The lowest BCUT2D eigenvalue weighted by Crippen LogP contribution is -2.04. The first-order valence-corrected chi connectivity index (χ1v) is 6.08. The Morgan fingerprint density at radius 1 is 1.30 bits per heavy atom. The first kappa shape index (κ1) is 13.7. The van der Waals surface area contributed by atoms with E-state index in [0.717, 1.165) is 5.69 Å². The Kier molecular flexibility index (Phi) is 4.09. The van der Waals surface area contributed by atoms with E-state index >= 15 is 0 Å². The van der Waals surface area contributed by atoms with Gasteiger partial charge in [0.15, 0.2) is 0 Å². The summed E-state index contributed by atoms with van der Waals surface area (Å²) < 4.78 is 0. The second-order valence-corrected chi connectivity index (χ2v) is 4.22. The summed E-state index contributed by atoms with van der Waals surface area (Å²) in [7, 11) is 1.72. The Labute approximate surface area is 116 Å². The number of hydrogen-bond acceptors (Lipinski definition) is 6. The normalized spacial score (nSPS) is 10.1. The number of aromatic nitrogens is 2. The molecule has 0 aliphatic rings. The Bertz CT molecular complexity index is 630. The predicted molar refractivity (Wildman–Crippen MR) is 76.7 cm³/mol. The van der Waals surface area contributed by atoms with Gasteiger partial charge in [-0.1, -0.05) is 0 Å². The molecular weight excluding hydrogens is 258 g/mol. The number of hydrogen-bond donors (Lipinski definition) is 2. The van der Waals surface area contributed by atoms with Crippen molar-refractivity contribution in [1.29, 1.82) is 0 Å². The number of nitrogens with one attached hydrogen (secondary N) is 2. The van der Waals surface area contributed by atoms with Crippen LogP contribution in [-0.2, 0) is 6.54 Å². The third-order valence-corrected chi connectivity index (χ3v) is 2.72. The highest BCUT2D eigenvalue weighted by Crippen LogP contribution is 2.24. The van der Waals surface area contributed by atoms with E-state index in [9.17, 15) is 10.1 Å². The maximum Gasteiger partial charge on any atom is 0.273 e. The van der Waals surface area contributed by atoms with Crippen LogP contribution in [0.4, 0.5) is 17.1 Å². The molecule has 104 valence electrons. The first-order chi connectivity index (χ1) is 9.58. The molecule has 0 saturated heterocycles. The minimum Gasteiger partial charge on any atom is -0.388 e. The van der Waals surface area contributed by atoms with Gasteiger partial charge in [0.2, 0.25) is 0 Å². The minimum absolute atomic E-state index is 0.0400. The van der Waals surface area contributed by atoms with Gasteiger partial charge in [-0.05, 0) is 19.1 Å². The fraction of sp³-hybridized carbons (Fsp3) is 0.231.